The molecule has 0 atom stereocenters. The maximum Gasteiger partial charge on any atom is 0.573 e. The van der Waals surface area contributed by atoms with Gasteiger partial charge < -0.3 is 23.9 Å². The number of nitrogens with one attached hydrogen (secondary N) is 2. The van der Waals surface area contributed by atoms with Gasteiger partial charge in [0.25, 0.3) is 0 Å². The molecule has 3 heterocycles. The number of H-pyrrole nitrogens is 1. The SMILES string of the molecule is FC(F)(F)Oc1cc(CNCCCCOCCOc2cc(-n3cnnc3)cc3[nH]ncc23)cc(Cc2cocn2)c1. The molecule has 216 valence electrons. The van der Waals surface area contributed by atoms with Crippen LogP contribution in [0.2, 0.25) is 0 Å². The smallest absolute Gasteiger partial charge is 0.490 e. The van der Waals surface area contributed by atoms with Gasteiger partial charge in [0.1, 0.15) is 37.0 Å². The fraction of sp³-hybridized carbons (Fsp3) is 0.333. The molecule has 5 aromatic rings. The number of halogens is 3. The molecule has 14 heteroatoms. The number of benzene rings is 2. The zero-order valence-electron chi connectivity index (χ0n) is 21.9. The molecule has 2 aromatic carbocycles. The molecule has 0 bridgehead atoms. The van der Waals surface area contributed by atoms with E-state index in [1.165, 1.54) is 24.8 Å². The normalized spacial score (nSPS) is 11.8. The van der Waals surface area contributed by atoms with Gasteiger partial charge in [0.15, 0.2) is 6.39 Å². The minimum Gasteiger partial charge on any atom is -0.490 e. The largest absolute Gasteiger partial charge is 0.573 e. The van der Waals surface area contributed by atoms with E-state index in [1.54, 1.807) is 23.4 Å². The molecule has 0 aliphatic rings. The summed E-state index contributed by atoms with van der Waals surface area (Å²) in [5.41, 5.74) is 3.63. The molecule has 3 aromatic heterocycles. The number of fused-ring (bicyclic) bond motifs is 1. The molecule has 2 N–H and O–H groups in total. The zero-order valence-corrected chi connectivity index (χ0v) is 21.9. The number of aromatic amines is 1. The van der Waals surface area contributed by atoms with Gasteiger partial charge in [-0.2, -0.15) is 5.10 Å². The fourth-order valence-corrected chi connectivity index (χ4v) is 4.27. The van der Waals surface area contributed by atoms with Crippen LogP contribution < -0.4 is 14.8 Å². The molecule has 0 aliphatic carbocycles. The number of hydrogen-bond donors (Lipinski definition) is 2. The lowest BCUT2D eigenvalue weighted by molar-refractivity contribution is -0.274. The second kappa shape index (κ2) is 13.3. The van der Waals surface area contributed by atoms with Crippen LogP contribution in [0.15, 0.2) is 66.3 Å². The lowest BCUT2D eigenvalue weighted by Crippen LogP contribution is -2.18. The van der Waals surface area contributed by atoms with Crippen LogP contribution in [0.3, 0.4) is 0 Å². The van der Waals surface area contributed by atoms with E-state index in [1.807, 2.05) is 18.2 Å². The van der Waals surface area contributed by atoms with E-state index in [0.717, 1.165) is 29.4 Å². The zero-order chi connectivity index (χ0) is 28.5. The van der Waals surface area contributed by atoms with Crippen LogP contribution in [-0.2, 0) is 17.7 Å². The van der Waals surface area contributed by atoms with Crippen molar-refractivity contribution in [3.8, 4) is 17.2 Å². The fourth-order valence-electron chi connectivity index (χ4n) is 4.27. The first kappa shape index (κ1) is 28.1. The second-order valence-electron chi connectivity index (χ2n) is 9.18. The first-order chi connectivity index (χ1) is 19.9. The Hall–Kier alpha value is -4.43. The molecule has 0 unspecified atom stereocenters. The Labute approximate surface area is 232 Å². The first-order valence-corrected chi connectivity index (χ1v) is 12.9. The Balaban J connectivity index is 1.01. The van der Waals surface area contributed by atoms with Crippen LogP contribution >= 0.6 is 0 Å². The van der Waals surface area contributed by atoms with Gasteiger partial charge >= 0.3 is 6.36 Å². The average molecular weight is 572 g/mol. The summed E-state index contributed by atoms with van der Waals surface area (Å²) in [6, 6.07) is 8.41. The Bertz CT molecular complexity index is 1510. The van der Waals surface area contributed by atoms with Gasteiger partial charge in [0, 0.05) is 25.6 Å². The molecule has 0 amide bonds. The summed E-state index contributed by atoms with van der Waals surface area (Å²) in [7, 11) is 0. The van der Waals surface area contributed by atoms with E-state index in [9.17, 15) is 13.2 Å². The van der Waals surface area contributed by atoms with Gasteiger partial charge in [0.2, 0.25) is 0 Å². The lowest BCUT2D eigenvalue weighted by atomic mass is 10.1. The highest BCUT2D eigenvalue weighted by atomic mass is 19.4. The van der Waals surface area contributed by atoms with Crippen molar-refractivity contribution in [2.45, 2.75) is 32.2 Å². The standard InChI is InChI=1S/C27H28F3N7O4/c28-27(29,30)41-23-9-19(8-21-15-39-18-32-21)7-20(10-23)13-31-3-1-2-4-38-5-6-40-26-12-22(37-16-34-35-17-37)11-25-24(26)14-33-36-25/h7,9-12,14-18,31H,1-6,8,13H2,(H,33,36). The van der Waals surface area contributed by atoms with E-state index < -0.39 is 6.36 Å². The molecule has 0 radical (unpaired) electrons. The predicted octanol–water partition coefficient (Wildman–Crippen LogP) is 4.59. The van der Waals surface area contributed by atoms with E-state index >= 15 is 0 Å². The van der Waals surface area contributed by atoms with Crippen LogP contribution in [0, 0.1) is 0 Å². The average Bonchev–Trinajstić information content (AvgIpc) is 3.71. The van der Waals surface area contributed by atoms with Crippen molar-refractivity contribution in [1.29, 1.82) is 0 Å². The number of rotatable bonds is 15. The Morgan fingerprint density at radius 3 is 2.63 bits per heavy atom. The molecular formula is C27H28F3N7O4. The van der Waals surface area contributed by atoms with Crippen LogP contribution in [-0.4, -0.2) is 62.7 Å². The minimum absolute atomic E-state index is 0.259. The highest BCUT2D eigenvalue weighted by Crippen LogP contribution is 2.28. The number of unbranched alkanes of at least 4 members (excludes halogenated alkanes) is 1. The van der Waals surface area contributed by atoms with E-state index in [4.69, 9.17) is 13.9 Å². The molecular weight excluding hydrogens is 543 g/mol. The van der Waals surface area contributed by atoms with Crippen LogP contribution in [0.4, 0.5) is 13.2 Å². The number of ether oxygens (including phenoxy) is 3. The van der Waals surface area contributed by atoms with Gasteiger partial charge in [-0.05, 0) is 48.7 Å². The Morgan fingerprint density at radius 2 is 1.83 bits per heavy atom. The molecule has 0 saturated carbocycles. The van der Waals surface area contributed by atoms with E-state index in [2.05, 4.69) is 35.4 Å². The summed E-state index contributed by atoms with van der Waals surface area (Å²) >= 11 is 0. The van der Waals surface area contributed by atoms with Gasteiger partial charge in [0.05, 0.1) is 35.1 Å². The molecule has 0 saturated heterocycles. The third kappa shape index (κ3) is 8.28. The first-order valence-electron chi connectivity index (χ1n) is 12.9. The maximum atomic E-state index is 12.8. The highest BCUT2D eigenvalue weighted by molar-refractivity contribution is 5.86. The summed E-state index contributed by atoms with van der Waals surface area (Å²) in [5, 5.41) is 18.9. The van der Waals surface area contributed by atoms with Crippen molar-refractivity contribution < 1.29 is 31.8 Å². The van der Waals surface area contributed by atoms with Gasteiger partial charge in [-0.1, -0.05) is 6.07 Å². The molecule has 5 rings (SSSR count). The molecule has 11 nitrogen and oxygen atoms in total. The van der Waals surface area contributed by atoms with Gasteiger partial charge in [-0.3, -0.25) is 9.67 Å². The monoisotopic (exact) mass is 571 g/mol. The van der Waals surface area contributed by atoms with E-state index in [-0.39, 0.29) is 5.75 Å². The summed E-state index contributed by atoms with van der Waals surface area (Å²) in [4.78, 5) is 4.03. The molecule has 0 spiro atoms. The predicted molar refractivity (Wildman–Crippen MR) is 141 cm³/mol. The molecule has 41 heavy (non-hydrogen) atoms. The van der Waals surface area contributed by atoms with Crippen LogP contribution in [0.25, 0.3) is 16.6 Å². The quantitative estimate of drug-likeness (QED) is 0.174. The topological polar surface area (TPSA) is 125 Å². The van der Waals surface area contributed by atoms with Crippen molar-refractivity contribution in [3.05, 3.63) is 78.7 Å². The van der Waals surface area contributed by atoms with Crippen molar-refractivity contribution in [2.75, 3.05) is 26.4 Å². The summed E-state index contributed by atoms with van der Waals surface area (Å²) in [5.74, 6) is 0.423. The van der Waals surface area contributed by atoms with Gasteiger partial charge in [-0.25, -0.2) is 4.98 Å². The van der Waals surface area contributed by atoms with E-state index in [0.29, 0.717) is 61.9 Å². The summed E-state index contributed by atoms with van der Waals surface area (Å²) in [6.45, 7) is 2.42. The Morgan fingerprint density at radius 1 is 0.976 bits per heavy atom. The maximum absolute atomic E-state index is 12.8. The molecule has 0 aliphatic heterocycles. The van der Waals surface area contributed by atoms with Crippen LogP contribution in [0.1, 0.15) is 29.7 Å². The second-order valence-corrected chi connectivity index (χ2v) is 9.18. The van der Waals surface area contributed by atoms with Crippen molar-refractivity contribution in [3.63, 3.8) is 0 Å². The Kier molecular flexibility index (Phi) is 9.11. The lowest BCUT2D eigenvalue weighted by Gasteiger charge is -2.13. The van der Waals surface area contributed by atoms with Gasteiger partial charge in [-0.15, -0.1) is 23.4 Å². The third-order valence-corrected chi connectivity index (χ3v) is 6.06. The number of oxazole rings is 1. The third-order valence-electron chi connectivity index (χ3n) is 6.06. The number of aromatic nitrogens is 6. The van der Waals surface area contributed by atoms with Crippen molar-refractivity contribution in [1.82, 2.24) is 35.3 Å². The summed E-state index contributed by atoms with van der Waals surface area (Å²) in [6.07, 6.45) is 4.89. The molecule has 0 fully saturated rings. The van der Waals surface area contributed by atoms with Crippen molar-refractivity contribution in [2.24, 2.45) is 0 Å². The number of hydrogen-bond acceptors (Lipinski definition) is 9. The van der Waals surface area contributed by atoms with Crippen molar-refractivity contribution >= 4 is 10.9 Å². The number of nitrogens with zero attached hydrogens (tertiary/aromatic N) is 5. The highest BCUT2D eigenvalue weighted by Gasteiger charge is 2.31. The summed E-state index contributed by atoms with van der Waals surface area (Å²) < 4.78 is 60.9. The van der Waals surface area contributed by atoms with Crippen LogP contribution in [0.5, 0.6) is 11.5 Å². The number of alkyl halides is 3. The minimum atomic E-state index is -4.77.